The lowest BCUT2D eigenvalue weighted by atomic mass is 9.60. The molecule has 0 radical (unpaired) electrons. The zero-order chi connectivity index (χ0) is 24.5. The minimum atomic E-state index is -0.287. The van der Waals surface area contributed by atoms with Crippen LogP contribution in [0.4, 0.5) is 15.9 Å². The average molecular weight is 476 g/mol. The lowest BCUT2D eigenvalue weighted by Gasteiger charge is -2.46. The van der Waals surface area contributed by atoms with Gasteiger partial charge in [-0.15, -0.1) is 0 Å². The Morgan fingerprint density at radius 2 is 2.00 bits per heavy atom. The Balaban J connectivity index is 1.43. The maximum Gasteiger partial charge on any atom is 0.324 e. The van der Waals surface area contributed by atoms with E-state index in [0.717, 1.165) is 59.2 Å². The summed E-state index contributed by atoms with van der Waals surface area (Å²) in [6.07, 6.45) is 4.87. The van der Waals surface area contributed by atoms with Crippen LogP contribution in [-0.4, -0.2) is 46.1 Å². The van der Waals surface area contributed by atoms with E-state index in [0.29, 0.717) is 18.1 Å². The number of halogens is 1. The summed E-state index contributed by atoms with van der Waals surface area (Å²) in [5, 5.41) is 3.13. The van der Waals surface area contributed by atoms with Gasteiger partial charge in [-0.1, -0.05) is 20.8 Å². The van der Waals surface area contributed by atoms with E-state index in [-0.39, 0.29) is 29.2 Å². The molecule has 1 saturated heterocycles. The summed E-state index contributed by atoms with van der Waals surface area (Å²) in [6.45, 7) is 8.04. The van der Waals surface area contributed by atoms with Crippen molar-refractivity contribution in [3.05, 3.63) is 47.4 Å². The summed E-state index contributed by atoms with van der Waals surface area (Å²) in [5.41, 5.74) is 10.8. The molecule has 0 unspecified atom stereocenters. The first-order valence-electron chi connectivity index (χ1n) is 12.2. The van der Waals surface area contributed by atoms with Gasteiger partial charge in [0.2, 0.25) is 0 Å². The van der Waals surface area contributed by atoms with E-state index >= 15 is 0 Å². The van der Waals surface area contributed by atoms with Crippen molar-refractivity contribution in [1.82, 2.24) is 19.9 Å². The molecule has 3 N–H and O–H groups in total. The molecular formula is C26H30FN7O. The largest absolute Gasteiger partial charge is 0.421 e. The van der Waals surface area contributed by atoms with Crippen molar-refractivity contribution in [2.75, 3.05) is 30.4 Å². The van der Waals surface area contributed by atoms with E-state index in [2.05, 4.69) is 27.1 Å². The van der Waals surface area contributed by atoms with Gasteiger partial charge in [0.1, 0.15) is 17.5 Å². The molecule has 9 heteroatoms. The van der Waals surface area contributed by atoms with Gasteiger partial charge in [-0.2, -0.15) is 9.97 Å². The normalized spacial score (nSPS) is 24.1. The summed E-state index contributed by atoms with van der Waals surface area (Å²) in [7, 11) is 1.81. The number of hydrogen-bond acceptors (Lipinski definition) is 8. The maximum absolute atomic E-state index is 14.6. The number of anilines is 2. The Morgan fingerprint density at radius 1 is 1.23 bits per heavy atom. The molecule has 3 heterocycles. The third-order valence-electron chi connectivity index (χ3n) is 7.80. The second-order valence-electron chi connectivity index (χ2n) is 10.6. The molecule has 3 aromatic rings. The topological polar surface area (TPSA) is 102 Å². The van der Waals surface area contributed by atoms with E-state index in [4.69, 9.17) is 20.4 Å². The molecule has 1 aliphatic heterocycles. The molecule has 1 saturated carbocycles. The van der Waals surface area contributed by atoms with Crippen LogP contribution in [0.15, 0.2) is 24.5 Å². The lowest BCUT2D eigenvalue weighted by molar-refractivity contribution is 0.0771. The fourth-order valence-electron chi connectivity index (χ4n) is 6.00. The van der Waals surface area contributed by atoms with Crippen LogP contribution >= 0.6 is 0 Å². The van der Waals surface area contributed by atoms with E-state index in [1.54, 1.807) is 25.5 Å². The predicted octanol–water partition coefficient (Wildman–Crippen LogP) is 4.11. The van der Waals surface area contributed by atoms with Gasteiger partial charge in [-0.25, -0.2) is 14.4 Å². The lowest BCUT2D eigenvalue weighted by Crippen LogP contribution is -2.53. The molecule has 8 nitrogen and oxygen atoms in total. The van der Waals surface area contributed by atoms with Crippen LogP contribution in [0.25, 0.3) is 11.1 Å². The Labute approximate surface area is 204 Å². The number of nitrogens with two attached hydrogens (primary N) is 1. The van der Waals surface area contributed by atoms with Crippen LogP contribution in [-0.2, 0) is 6.42 Å². The third-order valence-corrected chi connectivity index (χ3v) is 7.80. The Bertz CT molecular complexity index is 1310. The molecule has 0 bridgehead atoms. The van der Waals surface area contributed by atoms with Crippen molar-refractivity contribution in [2.24, 2.45) is 17.1 Å². The number of nitrogens with zero attached hydrogens (tertiary/aromatic N) is 5. The number of fused-ring (bicyclic) bond motifs is 4. The van der Waals surface area contributed by atoms with Crippen LogP contribution in [0, 0.1) is 17.2 Å². The summed E-state index contributed by atoms with van der Waals surface area (Å²) in [6, 6.07) is 3.56. The van der Waals surface area contributed by atoms with Gasteiger partial charge in [0.05, 0.1) is 18.1 Å². The van der Waals surface area contributed by atoms with E-state index < -0.39 is 0 Å². The summed E-state index contributed by atoms with van der Waals surface area (Å²) >= 11 is 0. The zero-order valence-corrected chi connectivity index (χ0v) is 20.5. The minimum absolute atomic E-state index is 0.165. The Hall–Kier alpha value is -3.33. The molecule has 1 aromatic carbocycles. The van der Waals surface area contributed by atoms with Crippen molar-refractivity contribution < 1.29 is 9.13 Å². The molecule has 2 aliphatic carbocycles. The van der Waals surface area contributed by atoms with E-state index in [9.17, 15) is 4.39 Å². The molecule has 2 aromatic heterocycles. The molecule has 3 atom stereocenters. The third kappa shape index (κ3) is 3.52. The fraction of sp³-hybridized carbons (Fsp3) is 0.462. The van der Waals surface area contributed by atoms with Crippen molar-refractivity contribution in [1.29, 1.82) is 0 Å². The fourth-order valence-corrected chi connectivity index (χ4v) is 6.00. The van der Waals surface area contributed by atoms with Gasteiger partial charge in [0.25, 0.3) is 0 Å². The second kappa shape index (κ2) is 7.84. The quantitative estimate of drug-likeness (QED) is 0.445. The van der Waals surface area contributed by atoms with Crippen LogP contribution in [0.5, 0.6) is 11.8 Å². The second-order valence-corrected chi connectivity index (χ2v) is 10.6. The maximum atomic E-state index is 14.6. The monoisotopic (exact) mass is 475 g/mol. The molecule has 35 heavy (non-hydrogen) atoms. The van der Waals surface area contributed by atoms with Crippen LogP contribution in [0.3, 0.4) is 0 Å². The number of ether oxygens (including phenoxy) is 1. The standard InChI is InChI=1S/C26H30FN7O/c1-13(2)23-30-9-15(10-31-23)35-25-32-21-7-16-17(5-14(27)6-20(16)29-4)22(21)24(33-25)34-11-18-19(28)8-26(18,3)12-34/h5-6,9-10,13,18-19,29H,7-8,11-12,28H2,1-4H3/t18-,19-,26-/m1/s1. The van der Waals surface area contributed by atoms with E-state index in [1.165, 1.54) is 6.07 Å². The van der Waals surface area contributed by atoms with E-state index in [1.807, 2.05) is 13.8 Å². The van der Waals surface area contributed by atoms with Crippen molar-refractivity contribution >= 4 is 11.5 Å². The first kappa shape index (κ1) is 22.2. The van der Waals surface area contributed by atoms with Crippen LogP contribution in [0.2, 0.25) is 0 Å². The Kier molecular flexibility index (Phi) is 4.96. The zero-order valence-electron chi connectivity index (χ0n) is 20.5. The van der Waals surface area contributed by atoms with Crippen LogP contribution in [0.1, 0.15) is 50.2 Å². The molecule has 3 aliphatic rings. The van der Waals surface area contributed by atoms with Crippen LogP contribution < -0.4 is 20.7 Å². The van der Waals surface area contributed by atoms with Gasteiger partial charge >= 0.3 is 6.01 Å². The van der Waals surface area contributed by atoms with Gasteiger partial charge in [-0.3, -0.25) is 0 Å². The summed E-state index contributed by atoms with van der Waals surface area (Å²) in [5.74, 6) is 2.36. The first-order valence-corrected chi connectivity index (χ1v) is 12.2. The summed E-state index contributed by atoms with van der Waals surface area (Å²) in [4.78, 5) is 20.7. The summed E-state index contributed by atoms with van der Waals surface area (Å²) < 4.78 is 20.6. The molecule has 182 valence electrons. The van der Waals surface area contributed by atoms with Gasteiger partial charge < -0.3 is 20.7 Å². The highest BCUT2D eigenvalue weighted by Gasteiger charge is 2.55. The highest BCUT2D eigenvalue weighted by atomic mass is 19.1. The first-order chi connectivity index (χ1) is 16.8. The van der Waals surface area contributed by atoms with Gasteiger partial charge in [-0.05, 0) is 41.0 Å². The minimum Gasteiger partial charge on any atom is -0.421 e. The highest BCUT2D eigenvalue weighted by molar-refractivity contribution is 5.88. The number of nitrogens with one attached hydrogen (secondary N) is 1. The molecular weight excluding hydrogens is 445 g/mol. The van der Waals surface area contributed by atoms with Crippen molar-refractivity contribution in [2.45, 2.75) is 45.6 Å². The molecule has 0 spiro atoms. The average Bonchev–Trinajstić information content (AvgIpc) is 3.32. The molecule has 0 amide bonds. The number of benzene rings is 1. The number of hydrogen-bond donors (Lipinski definition) is 2. The molecule has 6 rings (SSSR count). The van der Waals surface area contributed by atoms with Gasteiger partial charge in [0.15, 0.2) is 5.75 Å². The predicted molar refractivity (Wildman–Crippen MR) is 132 cm³/mol. The highest BCUT2D eigenvalue weighted by Crippen LogP contribution is 2.54. The number of rotatable bonds is 5. The number of aromatic nitrogens is 4. The van der Waals surface area contributed by atoms with Crippen molar-refractivity contribution in [3.63, 3.8) is 0 Å². The van der Waals surface area contributed by atoms with Gasteiger partial charge in [0, 0.05) is 49.8 Å². The molecule has 2 fully saturated rings. The Morgan fingerprint density at radius 3 is 2.66 bits per heavy atom. The SMILES string of the molecule is CNc1cc(F)cc2c1Cc1nc(Oc3cnc(C(C)C)nc3)nc(N3C[C@@H]4[C@H](N)C[C@]4(C)C3)c1-2. The smallest absolute Gasteiger partial charge is 0.324 e. The van der Waals surface area contributed by atoms with Crippen molar-refractivity contribution in [3.8, 4) is 22.9 Å².